The summed E-state index contributed by atoms with van der Waals surface area (Å²) in [6.07, 6.45) is 8.52. The van der Waals surface area contributed by atoms with Gasteiger partial charge in [-0.2, -0.15) is 5.10 Å². The number of carboxylic acid groups (broad SMARTS) is 1. The van der Waals surface area contributed by atoms with E-state index >= 15 is 0 Å². The fourth-order valence-electron chi connectivity index (χ4n) is 5.20. The van der Waals surface area contributed by atoms with Crippen LogP contribution in [0, 0.1) is 0 Å². The molecule has 0 saturated heterocycles. The first-order valence-electron chi connectivity index (χ1n) is 12.8. The maximum atomic E-state index is 12.0. The van der Waals surface area contributed by atoms with Gasteiger partial charge in [0.25, 0.3) is 0 Å². The predicted molar refractivity (Wildman–Crippen MR) is 140 cm³/mol. The Bertz CT molecular complexity index is 1240. The molecule has 1 N–H and O–H groups in total. The lowest BCUT2D eigenvalue weighted by Gasteiger charge is -2.22. The van der Waals surface area contributed by atoms with Crippen LogP contribution in [0.15, 0.2) is 91.3 Å². The minimum Gasteiger partial charge on any atom is -0.479 e. The van der Waals surface area contributed by atoms with Crippen molar-refractivity contribution in [2.24, 2.45) is 0 Å². The first-order chi connectivity index (χ1) is 17.7. The molecule has 4 aromatic rings. The lowest BCUT2D eigenvalue weighted by molar-refractivity contribution is -0.145. The quantitative estimate of drug-likeness (QED) is 0.291. The van der Waals surface area contributed by atoms with Gasteiger partial charge in [-0.1, -0.05) is 72.8 Å². The molecule has 1 aliphatic carbocycles. The Morgan fingerprint density at radius 3 is 2.28 bits per heavy atom. The first kappa shape index (κ1) is 23.9. The number of hydrogen-bond donors (Lipinski definition) is 1. The van der Waals surface area contributed by atoms with Crippen LogP contribution >= 0.6 is 0 Å². The van der Waals surface area contributed by atoms with Crippen molar-refractivity contribution in [3.63, 3.8) is 0 Å². The fourth-order valence-corrected chi connectivity index (χ4v) is 5.20. The van der Waals surface area contributed by atoms with Gasteiger partial charge in [-0.15, -0.1) is 0 Å². The molecule has 0 radical (unpaired) electrons. The minimum atomic E-state index is -0.919. The summed E-state index contributed by atoms with van der Waals surface area (Å²) in [5.41, 5.74) is 6.02. The van der Waals surface area contributed by atoms with Gasteiger partial charge < -0.3 is 9.84 Å². The van der Waals surface area contributed by atoms with Gasteiger partial charge in [0.15, 0.2) is 6.10 Å². The third kappa shape index (κ3) is 5.51. The van der Waals surface area contributed by atoms with E-state index in [1.54, 1.807) is 0 Å². The SMILES string of the molecule is O=C(O)C(CCCn1cc(C(c2ccccc2)c2ccccc2)cn1)Oc1cccc2c1CCCC2. The number of rotatable bonds is 10. The van der Waals surface area contributed by atoms with Crippen LogP contribution in [0.25, 0.3) is 0 Å². The molecule has 0 amide bonds. The Kier molecular flexibility index (Phi) is 7.46. The van der Waals surface area contributed by atoms with Crippen molar-refractivity contribution in [2.75, 3.05) is 0 Å². The highest BCUT2D eigenvalue weighted by atomic mass is 16.5. The molecule has 0 fully saturated rings. The summed E-state index contributed by atoms with van der Waals surface area (Å²) in [4.78, 5) is 12.0. The van der Waals surface area contributed by atoms with Gasteiger partial charge in [0.05, 0.1) is 6.20 Å². The second kappa shape index (κ2) is 11.3. The lowest BCUT2D eigenvalue weighted by Crippen LogP contribution is -2.28. The van der Waals surface area contributed by atoms with Gasteiger partial charge in [0.1, 0.15) is 5.75 Å². The molecule has 5 rings (SSSR count). The molecule has 0 aliphatic heterocycles. The Morgan fingerprint density at radius 2 is 1.58 bits per heavy atom. The van der Waals surface area contributed by atoms with Crippen molar-refractivity contribution < 1.29 is 14.6 Å². The Hall–Kier alpha value is -3.86. The van der Waals surface area contributed by atoms with Crippen LogP contribution in [0.3, 0.4) is 0 Å². The second-order valence-corrected chi connectivity index (χ2v) is 9.48. The standard InChI is InChI=1S/C31H32N2O3/c34-31(35)29(36-28-18-9-16-23-11-7-8-17-27(23)28)19-10-20-33-22-26(21-32-33)30(24-12-3-1-4-13-24)25-14-5-2-6-15-25/h1-6,9,12-16,18,21-22,29-30H,7-8,10-11,17,19-20H2,(H,34,35). The van der Waals surface area contributed by atoms with Crippen molar-refractivity contribution in [1.29, 1.82) is 0 Å². The third-order valence-corrected chi connectivity index (χ3v) is 7.00. The van der Waals surface area contributed by atoms with Gasteiger partial charge in [0.2, 0.25) is 0 Å². The zero-order valence-corrected chi connectivity index (χ0v) is 20.4. The van der Waals surface area contributed by atoms with Crippen molar-refractivity contribution >= 4 is 5.97 Å². The van der Waals surface area contributed by atoms with Crippen LogP contribution in [0.2, 0.25) is 0 Å². The van der Waals surface area contributed by atoms with Gasteiger partial charge in [-0.3, -0.25) is 4.68 Å². The van der Waals surface area contributed by atoms with Crippen LogP contribution in [0.5, 0.6) is 5.75 Å². The van der Waals surface area contributed by atoms with Gasteiger partial charge in [-0.05, 0) is 66.8 Å². The largest absolute Gasteiger partial charge is 0.479 e. The maximum absolute atomic E-state index is 12.0. The van der Waals surface area contributed by atoms with Crippen molar-refractivity contribution in [1.82, 2.24) is 9.78 Å². The second-order valence-electron chi connectivity index (χ2n) is 9.48. The van der Waals surface area contributed by atoms with Crippen LogP contribution in [0.4, 0.5) is 0 Å². The number of carbonyl (C=O) groups is 1. The fraction of sp³-hybridized carbons (Fsp3) is 0.290. The van der Waals surface area contributed by atoms with Crippen molar-refractivity contribution in [3.8, 4) is 5.75 Å². The zero-order valence-electron chi connectivity index (χ0n) is 20.4. The highest BCUT2D eigenvalue weighted by Crippen LogP contribution is 2.32. The van der Waals surface area contributed by atoms with E-state index in [1.807, 2.05) is 35.1 Å². The number of ether oxygens (including phenoxy) is 1. The number of hydrogen-bond acceptors (Lipinski definition) is 3. The molecular formula is C31H32N2O3. The zero-order chi connectivity index (χ0) is 24.7. The Balaban J connectivity index is 1.26. The number of aliphatic carboxylic acids is 1. The molecule has 0 saturated carbocycles. The first-order valence-corrected chi connectivity index (χ1v) is 12.8. The molecule has 36 heavy (non-hydrogen) atoms. The highest BCUT2D eigenvalue weighted by molar-refractivity contribution is 5.72. The van der Waals surface area contributed by atoms with E-state index in [-0.39, 0.29) is 5.92 Å². The van der Waals surface area contributed by atoms with Crippen LogP contribution < -0.4 is 4.74 Å². The van der Waals surface area contributed by atoms with E-state index in [9.17, 15) is 9.90 Å². The molecule has 0 bridgehead atoms. The number of nitrogens with zero attached hydrogens (tertiary/aromatic N) is 2. The molecule has 1 aromatic heterocycles. The molecule has 1 heterocycles. The predicted octanol–water partition coefficient (Wildman–Crippen LogP) is 6.25. The monoisotopic (exact) mass is 480 g/mol. The van der Waals surface area contributed by atoms with E-state index in [4.69, 9.17) is 4.74 Å². The van der Waals surface area contributed by atoms with Crippen LogP contribution in [0.1, 0.15) is 59.4 Å². The summed E-state index contributed by atoms with van der Waals surface area (Å²) in [7, 11) is 0. The van der Waals surface area contributed by atoms with Gasteiger partial charge in [0, 0.05) is 24.2 Å². The number of benzene rings is 3. The summed E-state index contributed by atoms with van der Waals surface area (Å²) in [6.45, 7) is 0.635. The molecule has 5 heteroatoms. The van der Waals surface area contributed by atoms with E-state index in [0.29, 0.717) is 19.4 Å². The van der Waals surface area contributed by atoms with Gasteiger partial charge in [-0.25, -0.2) is 4.79 Å². The molecule has 3 aromatic carbocycles. The Labute approximate surface area is 212 Å². The number of aryl methyl sites for hydroxylation is 2. The van der Waals surface area contributed by atoms with Gasteiger partial charge >= 0.3 is 5.97 Å². The normalized spacial score (nSPS) is 13.8. The van der Waals surface area contributed by atoms with Crippen molar-refractivity contribution in [3.05, 3.63) is 119 Å². The molecule has 184 valence electrons. The molecule has 1 unspecified atom stereocenters. The molecule has 1 aliphatic rings. The highest BCUT2D eigenvalue weighted by Gasteiger charge is 2.23. The van der Waals surface area contributed by atoms with E-state index < -0.39 is 12.1 Å². The summed E-state index contributed by atoms with van der Waals surface area (Å²) in [6, 6.07) is 26.9. The molecule has 5 nitrogen and oxygen atoms in total. The topological polar surface area (TPSA) is 64.3 Å². The van der Waals surface area contributed by atoms with Crippen LogP contribution in [-0.4, -0.2) is 27.0 Å². The molecule has 0 spiro atoms. The van der Waals surface area contributed by atoms with E-state index in [1.165, 1.54) is 28.7 Å². The molecular weight excluding hydrogens is 448 g/mol. The summed E-state index contributed by atoms with van der Waals surface area (Å²) in [5, 5.41) is 14.4. The Morgan fingerprint density at radius 1 is 0.889 bits per heavy atom. The third-order valence-electron chi connectivity index (χ3n) is 7.00. The minimum absolute atomic E-state index is 0.0977. The van der Waals surface area contributed by atoms with Crippen LogP contribution in [-0.2, 0) is 24.2 Å². The summed E-state index contributed by atoms with van der Waals surface area (Å²) in [5.74, 6) is -0.0900. The van der Waals surface area contributed by atoms with E-state index in [2.05, 4.69) is 65.9 Å². The lowest BCUT2D eigenvalue weighted by atomic mass is 9.87. The smallest absolute Gasteiger partial charge is 0.344 e. The maximum Gasteiger partial charge on any atom is 0.344 e. The summed E-state index contributed by atoms with van der Waals surface area (Å²) >= 11 is 0. The number of aromatic nitrogens is 2. The molecule has 1 atom stereocenters. The average molecular weight is 481 g/mol. The number of carboxylic acids is 1. The van der Waals surface area contributed by atoms with E-state index in [0.717, 1.165) is 30.6 Å². The summed E-state index contributed by atoms with van der Waals surface area (Å²) < 4.78 is 7.96. The number of fused-ring (bicyclic) bond motifs is 1. The van der Waals surface area contributed by atoms with Crippen molar-refractivity contribution in [2.45, 2.75) is 57.1 Å². The average Bonchev–Trinajstić information content (AvgIpc) is 3.38.